The lowest BCUT2D eigenvalue weighted by Crippen LogP contribution is -2.27. The lowest BCUT2D eigenvalue weighted by Gasteiger charge is -2.08. The third-order valence-electron chi connectivity index (χ3n) is 6.32. The number of hydrogen-bond donors (Lipinski definition) is 3. The van der Waals surface area contributed by atoms with Crippen molar-refractivity contribution in [3.8, 4) is 0 Å². The maximum Gasteiger partial charge on any atom is 0.269 e. The highest BCUT2D eigenvalue weighted by Gasteiger charge is 2.23. The van der Waals surface area contributed by atoms with Gasteiger partial charge in [-0.2, -0.15) is 0 Å². The molecular formula is C29H22N4O2. The number of para-hydroxylation sites is 2. The van der Waals surface area contributed by atoms with Crippen molar-refractivity contribution in [3.05, 3.63) is 114 Å². The lowest BCUT2D eigenvalue weighted by atomic mass is 10.0. The molecule has 0 saturated heterocycles. The van der Waals surface area contributed by atoms with Crippen molar-refractivity contribution in [1.82, 2.24) is 20.3 Å². The number of ketones is 1. The Morgan fingerprint density at radius 3 is 2.34 bits per heavy atom. The van der Waals surface area contributed by atoms with Crippen molar-refractivity contribution in [2.75, 3.05) is 6.54 Å². The minimum atomic E-state index is -0.305. The number of hydrogen-bond acceptors (Lipinski definition) is 3. The lowest BCUT2D eigenvalue weighted by molar-refractivity contribution is 0.0949. The minimum Gasteiger partial charge on any atom is -0.360 e. The van der Waals surface area contributed by atoms with E-state index in [4.69, 9.17) is 0 Å². The number of fused-ring (bicyclic) bond motifs is 4. The van der Waals surface area contributed by atoms with Gasteiger partial charge in [-0.3, -0.25) is 9.59 Å². The fourth-order valence-electron chi connectivity index (χ4n) is 4.57. The molecular weight excluding hydrogens is 436 g/mol. The Hall–Kier alpha value is -4.71. The number of benzene rings is 3. The summed E-state index contributed by atoms with van der Waals surface area (Å²) in [5.41, 5.74) is 4.51. The van der Waals surface area contributed by atoms with Crippen LogP contribution in [0.25, 0.3) is 32.7 Å². The molecule has 3 N–H and O–H groups in total. The molecule has 3 aromatic heterocycles. The first-order valence-corrected chi connectivity index (χ1v) is 11.5. The zero-order valence-corrected chi connectivity index (χ0v) is 18.8. The van der Waals surface area contributed by atoms with Crippen LogP contribution in [0, 0.1) is 0 Å². The van der Waals surface area contributed by atoms with Crippen LogP contribution in [-0.2, 0) is 6.42 Å². The minimum absolute atomic E-state index is 0.221. The van der Waals surface area contributed by atoms with Gasteiger partial charge in [-0.05, 0) is 30.2 Å². The molecule has 170 valence electrons. The molecule has 0 bridgehead atoms. The van der Waals surface area contributed by atoms with Crippen LogP contribution in [0.5, 0.6) is 0 Å². The van der Waals surface area contributed by atoms with Gasteiger partial charge < -0.3 is 15.3 Å². The number of nitrogens with zero attached hydrogens (tertiary/aromatic N) is 1. The van der Waals surface area contributed by atoms with E-state index in [0.717, 1.165) is 32.8 Å². The van der Waals surface area contributed by atoms with Crippen LogP contribution < -0.4 is 5.32 Å². The van der Waals surface area contributed by atoms with E-state index in [9.17, 15) is 9.59 Å². The van der Waals surface area contributed by atoms with Crippen molar-refractivity contribution < 1.29 is 9.59 Å². The van der Waals surface area contributed by atoms with Crippen LogP contribution in [0.15, 0.2) is 91.1 Å². The predicted molar refractivity (Wildman–Crippen MR) is 138 cm³/mol. The molecule has 6 heteroatoms. The molecule has 0 spiro atoms. The summed E-state index contributed by atoms with van der Waals surface area (Å²) < 4.78 is 0. The molecule has 0 aliphatic rings. The first-order chi connectivity index (χ1) is 17.2. The van der Waals surface area contributed by atoms with Gasteiger partial charge in [0.2, 0.25) is 5.78 Å². The molecule has 0 aliphatic carbocycles. The van der Waals surface area contributed by atoms with Gasteiger partial charge in [0.15, 0.2) is 0 Å². The SMILES string of the molecule is O=C(NCCc1ccccc1)c1cc2c([nH]c3ccccc32)c(C(=O)c2c[nH]c3ccccc23)n1. The third-order valence-corrected chi connectivity index (χ3v) is 6.32. The van der Waals surface area contributed by atoms with Crippen LogP contribution in [-0.4, -0.2) is 33.2 Å². The van der Waals surface area contributed by atoms with Gasteiger partial charge in [-0.25, -0.2) is 4.98 Å². The molecule has 35 heavy (non-hydrogen) atoms. The number of H-pyrrole nitrogens is 2. The summed E-state index contributed by atoms with van der Waals surface area (Å²) in [7, 11) is 0. The number of aromatic nitrogens is 3. The third kappa shape index (κ3) is 3.75. The van der Waals surface area contributed by atoms with Crippen LogP contribution in [0.4, 0.5) is 0 Å². The van der Waals surface area contributed by atoms with Gasteiger partial charge in [-0.15, -0.1) is 0 Å². The average Bonchev–Trinajstić information content (AvgIpc) is 3.50. The van der Waals surface area contributed by atoms with Crippen LogP contribution in [0.1, 0.15) is 32.1 Å². The highest BCUT2D eigenvalue weighted by molar-refractivity contribution is 6.23. The van der Waals surface area contributed by atoms with E-state index >= 15 is 0 Å². The monoisotopic (exact) mass is 458 g/mol. The molecule has 0 atom stereocenters. The largest absolute Gasteiger partial charge is 0.360 e. The van der Waals surface area contributed by atoms with E-state index in [1.807, 2.05) is 78.9 Å². The second-order valence-corrected chi connectivity index (χ2v) is 8.52. The molecule has 1 amide bonds. The van der Waals surface area contributed by atoms with Crippen molar-refractivity contribution in [2.45, 2.75) is 6.42 Å². The Labute approximate surface area is 201 Å². The predicted octanol–water partition coefficient (Wildman–Crippen LogP) is 5.40. The van der Waals surface area contributed by atoms with Crippen molar-refractivity contribution in [3.63, 3.8) is 0 Å². The smallest absolute Gasteiger partial charge is 0.269 e. The Bertz CT molecular complexity index is 1710. The van der Waals surface area contributed by atoms with Gasteiger partial charge in [0.05, 0.1) is 5.52 Å². The van der Waals surface area contributed by atoms with Gasteiger partial charge in [0, 0.05) is 45.5 Å². The van der Waals surface area contributed by atoms with Crippen molar-refractivity contribution in [2.24, 2.45) is 0 Å². The molecule has 6 aromatic rings. The first-order valence-electron chi connectivity index (χ1n) is 11.5. The van der Waals surface area contributed by atoms with Crippen LogP contribution >= 0.6 is 0 Å². The van der Waals surface area contributed by atoms with Gasteiger partial charge >= 0.3 is 0 Å². The van der Waals surface area contributed by atoms with Crippen molar-refractivity contribution >= 4 is 44.4 Å². The van der Waals surface area contributed by atoms with E-state index in [1.165, 1.54) is 0 Å². The quantitative estimate of drug-likeness (QED) is 0.292. The zero-order chi connectivity index (χ0) is 23.8. The summed E-state index contributed by atoms with van der Waals surface area (Å²) in [6.07, 6.45) is 2.42. The molecule has 6 rings (SSSR count). The highest BCUT2D eigenvalue weighted by Crippen LogP contribution is 2.30. The topological polar surface area (TPSA) is 90.6 Å². The molecule has 0 radical (unpaired) electrons. The Morgan fingerprint density at radius 1 is 0.800 bits per heavy atom. The molecule has 0 unspecified atom stereocenters. The summed E-state index contributed by atoms with van der Waals surface area (Å²) in [5.74, 6) is -0.543. The van der Waals surface area contributed by atoms with E-state index in [-0.39, 0.29) is 23.1 Å². The standard InChI is InChI=1S/C29H22N4O2/c34-28(22-17-31-23-12-6-4-11-20(22)23)27-26-21(19-10-5-7-13-24(19)32-26)16-25(33-27)29(35)30-15-14-18-8-2-1-3-9-18/h1-13,16-17,31-32H,14-15H2,(H,30,35). The summed E-state index contributed by atoms with van der Waals surface area (Å²) in [6, 6.07) is 27.2. The van der Waals surface area contributed by atoms with E-state index in [2.05, 4.69) is 20.3 Å². The molecule has 0 fully saturated rings. The van der Waals surface area contributed by atoms with E-state index in [0.29, 0.717) is 24.0 Å². The van der Waals surface area contributed by atoms with Gasteiger partial charge in [-0.1, -0.05) is 66.7 Å². The number of carbonyl (C=O) groups is 2. The maximum absolute atomic E-state index is 13.8. The first kappa shape index (κ1) is 20.9. The number of carbonyl (C=O) groups excluding carboxylic acids is 2. The summed E-state index contributed by atoms with van der Waals surface area (Å²) in [4.78, 5) is 37.9. The van der Waals surface area contributed by atoms with Crippen LogP contribution in [0.3, 0.4) is 0 Å². The fourth-order valence-corrected chi connectivity index (χ4v) is 4.57. The second-order valence-electron chi connectivity index (χ2n) is 8.52. The second kappa shape index (κ2) is 8.57. The molecule has 3 aromatic carbocycles. The Morgan fingerprint density at radius 2 is 1.51 bits per heavy atom. The Kier molecular flexibility index (Phi) is 5.11. The highest BCUT2D eigenvalue weighted by atomic mass is 16.2. The summed E-state index contributed by atoms with van der Waals surface area (Å²) >= 11 is 0. The van der Waals surface area contributed by atoms with Crippen LogP contribution in [0.2, 0.25) is 0 Å². The molecule has 0 aliphatic heterocycles. The number of pyridine rings is 1. The molecule has 6 nitrogen and oxygen atoms in total. The van der Waals surface area contributed by atoms with E-state index < -0.39 is 0 Å². The van der Waals surface area contributed by atoms with Gasteiger partial charge in [0.25, 0.3) is 5.91 Å². The summed E-state index contributed by atoms with van der Waals surface area (Å²) in [6.45, 7) is 0.474. The zero-order valence-electron chi connectivity index (χ0n) is 18.8. The molecule has 3 heterocycles. The fraction of sp³-hybridized carbons (Fsp3) is 0.0690. The number of amides is 1. The number of aromatic amines is 2. The number of nitrogens with one attached hydrogen (secondary N) is 3. The van der Waals surface area contributed by atoms with E-state index in [1.54, 1.807) is 12.3 Å². The average molecular weight is 459 g/mol. The number of rotatable bonds is 6. The van der Waals surface area contributed by atoms with Crippen molar-refractivity contribution in [1.29, 1.82) is 0 Å². The normalized spacial score (nSPS) is 11.3. The maximum atomic E-state index is 13.8. The Balaban J connectivity index is 1.42. The van der Waals surface area contributed by atoms with Gasteiger partial charge in [0.1, 0.15) is 11.4 Å². The summed E-state index contributed by atoms with van der Waals surface area (Å²) in [5, 5.41) is 5.51. The molecule has 0 saturated carbocycles.